The molecule has 3 rings (SSSR count). The van der Waals surface area contributed by atoms with Crippen LogP contribution in [0.2, 0.25) is 0 Å². The molecule has 116 valence electrons. The standard InChI is InChI=1S/C18H27FN2/c1-13(20-2)16-12-15(19)9-10-18(16)21-11-5-8-17(21)14-6-3-4-7-14/h9-10,12-14,17,20H,3-8,11H2,1-2H3. The first kappa shape index (κ1) is 14.8. The number of hydrogen-bond acceptors (Lipinski definition) is 2. The van der Waals surface area contributed by atoms with Gasteiger partial charge in [-0.2, -0.15) is 0 Å². The fourth-order valence-electron chi connectivity index (χ4n) is 4.21. The lowest BCUT2D eigenvalue weighted by Crippen LogP contribution is -2.35. The van der Waals surface area contributed by atoms with Crippen molar-refractivity contribution in [2.45, 2.75) is 57.5 Å². The lowest BCUT2D eigenvalue weighted by molar-refractivity contribution is 0.429. The Morgan fingerprint density at radius 1 is 1.19 bits per heavy atom. The number of nitrogens with one attached hydrogen (secondary N) is 1. The van der Waals surface area contributed by atoms with Crippen molar-refractivity contribution in [2.75, 3.05) is 18.5 Å². The predicted octanol–water partition coefficient (Wildman–Crippen LogP) is 4.27. The molecule has 0 spiro atoms. The molecule has 0 radical (unpaired) electrons. The van der Waals surface area contributed by atoms with E-state index in [4.69, 9.17) is 0 Å². The Balaban J connectivity index is 1.91. The number of hydrogen-bond donors (Lipinski definition) is 1. The van der Waals surface area contributed by atoms with Crippen LogP contribution in [0.25, 0.3) is 0 Å². The molecule has 1 aromatic carbocycles. The molecule has 21 heavy (non-hydrogen) atoms. The van der Waals surface area contributed by atoms with Crippen molar-refractivity contribution in [1.82, 2.24) is 5.32 Å². The Kier molecular flexibility index (Phi) is 4.48. The van der Waals surface area contributed by atoms with Crippen molar-refractivity contribution in [3.63, 3.8) is 0 Å². The molecule has 2 nitrogen and oxygen atoms in total. The van der Waals surface area contributed by atoms with E-state index in [1.165, 1.54) is 44.2 Å². The van der Waals surface area contributed by atoms with E-state index in [1.807, 2.05) is 13.1 Å². The maximum Gasteiger partial charge on any atom is 0.123 e. The van der Waals surface area contributed by atoms with Crippen LogP contribution in [-0.4, -0.2) is 19.6 Å². The Morgan fingerprint density at radius 2 is 1.95 bits per heavy atom. The van der Waals surface area contributed by atoms with E-state index in [2.05, 4.69) is 17.1 Å². The minimum atomic E-state index is -0.132. The highest BCUT2D eigenvalue weighted by Gasteiger charge is 2.34. The van der Waals surface area contributed by atoms with E-state index in [1.54, 1.807) is 12.1 Å². The molecule has 3 heteroatoms. The monoisotopic (exact) mass is 290 g/mol. The molecule has 2 aliphatic rings. The average Bonchev–Trinajstić information content (AvgIpc) is 3.16. The zero-order chi connectivity index (χ0) is 14.8. The van der Waals surface area contributed by atoms with Gasteiger partial charge in [0.1, 0.15) is 5.82 Å². The molecule has 0 aromatic heterocycles. The van der Waals surface area contributed by atoms with Crippen molar-refractivity contribution in [3.8, 4) is 0 Å². The number of halogens is 1. The van der Waals surface area contributed by atoms with E-state index in [0.717, 1.165) is 18.0 Å². The smallest absolute Gasteiger partial charge is 0.123 e. The quantitative estimate of drug-likeness (QED) is 0.891. The van der Waals surface area contributed by atoms with Gasteiger partial charge in [-0.3, -0.25) is 0 Å². The zero-order valence-corrected chi connectivity index (χ0v) is 13.2. The summed E-state index contributed by atoms with van der Waals surface area (Å²) >= 11 is 0. The molecule has 1 aliphatic carbocycles. The Labute approximate surface area is 127 Å². The molecule has 2 unspecified atom stereocenters. The van der Waals surface area contributed by atoms with E-state index >= 15 is 0 Å². The van der Waals surface area contributed by atoms with Gasteiger partial charge in [-0.15, -0.1) is 0 Å². The number of anilines is 1. The Hall–Kier alpha value is -1.09. The second kappa shape index (κ2) is 6.35. The lowest BCUT2D eigenvalue weighted by Gasteiger charge is -2.34. The topological polar surface area (TPSA) is 15.3 Å². The van der Waals surface area contributed by atoms with Gasteiger partial charge in [0, 0.05) is 24.3 Å². The van der Waals surface area contributed by atoms with E-state index in [-0.39, 0.29) is 11.9 Å². The van der Waals surface area contributed by atoms with Gasteiger partial charge in [-0.1, -0.05) is 12.8 Å². The molecule has 1 heterocycles. The first-order valence-electron chi connectivity index (χ1n) is 8.44. The fraction of sp³-hybridized carbons (Fsp3) is 0.667. The van der Waals surface area contributed by atoms with Crippen molar-refractivity contribution in [1.29, 1.82) is 0 Å². The van der Waals surface area contributed by atoms with E-state index in [0.29, 0.717) is 6.04 Å². The Bertz CT molecular complexity index is 482. The summed E-state index contributed by atoms with van der Waals surface area (Å²) in [5.74, 6) is 0.711. The summed E-state index contributed by atoms with van der Waals surface area (Å²) < 4.78 is 13.7. The highest BCUT2D eigenvalue weighted by molar-refractivity contribution is 5.57. The van der Waals surface area contributed by atoms with Crippen molar-refractivity contribution in [2.24, 2.45) is 5.92 Å². The second-order valence-corrected chi connectivity index (χ2v) is 6.66. The highest BCUT2D eigenvalue weighted by atomic mass is 19.1. The zero-order valence-electron chi connectivity index (χ0n) is 13.2. The molecule has 1 saturated heterocycles. The van der Waals surface area contributed by atoms with E-state index < -0.39 is 0 Å². The normalized spacial score (nSPS) is 24.7. The summed E-state index contributed by atoms with van der Waals surface area (Å²) in [6.07, 6.45) is 8.09. The number of benzene rings is 1. The summed E-state index contributed by atoms with van der Waals surface area (Å²) in [7, 11) is 1.94. The van der Waals surface area contributed by atoms with Crippen molar-refractivity contribution in [3.05, 3.63) is 29.6 Å². The van der Waals surface area contributed by atoms with Crippen LogP contribution in [-0.2, 0) is 0 Å². The van der Waals surface area contributed by atoms with Gasteiger partial charge in [0.25, 0.3) is 0 Å². The van der Waals surface area contributed by atoms with Crippen LogP contribution in [0.4, 0.5) is 10.1 Å². The third-order valence-corrected chi connectivity index (χ3v) is 5.44. The Morgan fingerprint density at radius 3 is 2.67 bits per heavy atom. The maximum absolute atomic E-state index is 13.7. The minimum Gasteiger partial charge on any atom is -0.368 e. The van der Waals surface area contributed by atoms with Gasteiger partial charge in [0.15, 0.2) is 0 Å². The number of rotatable bonds is 4. The third kappa shape index (κ3) is 2.94. The van der Waals surface area contributed by atoms with Gasteiger partial charge in [-0.05, 0) is 69.3 Å². The average molecular weight is 290 g/mol. The molecular weight excluding hydrogens is 263 g/mol. The predicted molar refractivity (Wildman–Crippen MR) is 86.2 cm³/mol. The van der Waals surface area contributed by atoms with Crippen molar-refractivity contribution < 1.29 is 4.39 Å². The molecule has 1 aromatic rings. The molecule has 1 saturated carbocycles. The van der Waals surface area contributed by atoms with Crippen LogP contribution in [0.5, 0.6) is 0 Å². The molecule has 2 atom stereocenters. The van der Waals surface area contributed by atoms with Crippen LogP contribution in [0.15, 0.2) is 18.2 Å². The first-order valence-corrected chi connectivity index (χ1v) is 8.44. The van der Waals surface area contributed by atoms with Crippen LogP contribution in [0, 0.1) is 11.7 Å². The molecule has 1 aliphatic heterocycles. The SMILES string of the molecule is CNC(C)c1cc(F)ccc1N1CCCC1C1CCCC1. The van der Waals surface area contributed by atoms with E-state index in [9.17, 15) is 4.39 Å². The van der Waals surface area contributed by atoms with Crippen LogP contribution in [0.3, 0.4) is 0 Å². The van der Waals surface area contributed by atoms with Crippen LogP contribution >= 0.6 is 0 Å². The summed E-state index contributed by atoms with van der Waals surface area (Å²) in [4.78, 5) is 2.57. The van der Waals surface area contributed by atoms with Gasteiger partial charge in [-0.25, -0.2) is 4.39 Å². The third-order valence-electron chi connectivity index (χ3n) is 5.44. The summed E-state index contributed by atoms with van der Waals surface area (Å²) in [5, 5.41) is 3.26. The molecular formula is C18H27FN2. The molecule has 0 bridgehead atoms. The maximum atomic E-state index is 13.7. The molecule has 0 amide bonds. The first-order chi connectivity index (χ1) is 10.2. The van der Waals surface area contributed by atoms with Gasteiger partial charge in [0.05, 0.1) is 0 Å². The van der Waals surface area contributed by atoms with Crippen LogP contribution in [0.1, 0.15) is 57.1 Å². The van der Waals surface area contributed by atoms with Gasteiger partial charge < -0.3 is 10.2 Å². The fourth-order valence-corrected chi connectivity index (χ4v) is 4.21. The second-order valence-electron chi connectivity index (χ2n) is 6.66. The molecule has 1 N–H and O–H groups in total. The largest absolute Gasteiger partial charge is 0.368 e. The summed E-state index contributed by atoms with van der Waals surface area (Å²) in [5.41, 5.74) is 2.34. The van der Waals surface area contributed by atoms with Crippen molar-refractivity contribution >= 4 is 5.69 Å². The number of nitrogens with zero attached hydrogens (tertiary/aromatic N) is 1. The molecule has 2 fully saturated rings. The van der Waals surface area contributed by atoms with Gasteiger partial charge in [0.2, 0.25) is 0 Å². The highest BCUT2D eigenvalue weighted by Crippen LogP contribution is 2.40. The van der Waals surface area contributed by atoms with Crippen LogP contribution < -0.4 is 10.2 Å². The van der Waals surface area contributed by atoms with Gasteiger partial charge >= 0.3 is 0 Å². The summed E-state index contributed by atoms with van der Waals surface area (Å²) in [6, 6.07) is 6.17. The summed E-state index contributed by atoms with van der Waals surface area (Å²) in [6.45, 7) is 3.23. The minimum absolute atomic E-state index is 0.132. The lowest BCUT2D eigenvalue weighted by atomic mass is 9.94.